The molecule has 0 unspecified atom stereocenters. The van der Waals surface area contributed by atoms with Crippen LogP contribution in [0.25, 0.3) is 10.9 Å². The number of carbonyl (C=O) groups is 1. The van der Waals surface area contributed by atoms with Gasteiger partial charge < -0.3 is 9.88 Å². The Bertz CT molecular complexity index is 1060. The van der Waals surface area contributed by atoms with Gasteiger partial charge >= 0.3 is 0 Å². The van der Waals surface area contributed by atoms with Gasteiger partial charge in [0.15, 0.2) is 0 Å². The molecule has 140 valence electrons. The molecule has 4 rings (SSSR count). The van der Waals surface area contributed by atoms with Crippen molar-refractivity contribution in [1.82, 2.24) is 19.4 Å². The number of para-hydroxylation sites is 1. The predicted molar refractivity (Wildman–Crippen MR) is 105 cm³/mol. The second-order valence-electron chi connectivity index (χ2n) is 7.19. The van der Waals surface area contributed by atoms with Gasteiger partial charge in [-0.05, 0) is 31.4 Å². The Kier molecular flexibility index (Phi) is 4.56. The standard InChI is InChI=1S/C21H24N4O2/c1-14-23-19-10-12-25(11-9-17(19)21(27)24(14)2)20(26)8-7-15-13-22-18-6-4-3-5-16(15)18/h3-6,13,22H,7-12H2,1-2H3. The molecule has 6 nitrogen and oxygen atoms in total. The molecular weight excluding hydrogens is 340 g/mol. The van der Waals surface area contributed by atoms with Gasteiger partial charge in [0.1, 0.15) is 5.82 Å². The summed E-state index contributed by atoms with van der Waals surface area (Å²) in [4.78, 5) is 35.0. The molecule has 0 bridgehead atoms. The van der Waals surface area contributed by atoms with Crippen molar-refractivity contribution in [2.24, 2.45) is 7.05 Å². The topological polar surface area (TPSA) is 71.0 Å². The first-order valence-electron chi connectivity index (χ1n) is 9.42. The number of nitrogens with zero attached hydrogens (tertiary/aromatic N) is 3. The molecule has 1 aromatic carbocycles. The molecule has 0 saturated heterocycles. The van der Waals surface area contributed by atoms with E-state index in [1.807, 2.05) is 36.2 Å². The van der Waals surface area contributed by atoms with Crippen molar-refractivity contribution in [3.63, 3.8) is 0 Å². The molecule has 1 aliphatic rings. The summed E-state index contributed by atoms with van der Waals surface area (Å²) in [6.45, 7) is 3.05. The van der Waals surface area contributed by atoms with E-state index in [0.29, 0.717) is 38.8 Å². The third-order valence-electron chi connectivity index (χ3n) is 5.58. The van der Waals surface area contributed by atoms with Crippen LogP contribution < -0.4 is 5.56 Å². The molecule has 27 heavy (non-hydrogen) atoms. The number of amides is 1. The van der Waals surface area contributed by atoms with Gasteiger partial charge in [0.05, 0.1) is 5.69 Å². The average Bonchev–Trinajstić information content (AvgIpc) is 2.97. The van der Waals surface area contributed by atoms with E-state index in [1.165, 1.54) is 10.9 Å². The Morgan fingerprint density at radius 1 is 1.22 bits per heavy atom. The van der Waals surface area contributed by atoms with Crippen LogP contribution in [-0.2, 0) is 31.1 Å². The van der Waals surface area contributed by atoms with E-state index in [-0.39, 0.29) is 11.5 Å². The fourth-order valence-electron chi connectivity index (χ4n) is 3.86. The third kappa shape index (κ3) is 3.27. The highest BCUT2D eigenvalue weighted by Gasteiger charge is 2.22. The van der Waals surface area contributed by atoms with Crippen LogP contribution in [0.15, 0.2) is 35.3 Å². The Morgan fingerprint density at radius 3 is 2.85 bits per heavy atom. The number of H-pyrrole nitrogens is 1. The Morgan fingerprint density at radius 2 is 2.00 bits per heavy atom. The molecule has 0 fully saturated rings. The highest BCUT2D eigenvalue weighted by atomic mass is 16.2. The van der Waals surface area contributed by atoms with Gasteiger partial charge in [0, 0.05) is 55.6 Å². The summed E-state index contributed by atoms with van der Waals surface area (Å²) in [5, 5.41) is 1.18. The molecule has 2 aromatic heterocycles. The van der Waals surface area contributed by atoms with Crippen LogP contribution in [0.2, 0.25) is 0 Å². The van der Waals surface area contributed by atoms with Crippen molar-refractivity contribution in [3.05, 3.63) is 63.5 Å². The van der Waals surface area contributed by atoms with Crippen molar-refractivity contribution in [3.8, 4) is 0 Å². The number of rotatable bonds is 3. The monoisotopic (exact) mass is 364 g/mol. The van der Waals surface area contributed by atoms with Crippen LogP contribution in [0.3, 0.4) is 0 Å². The van der Waals surface area contributed by atoms with Crippen LogP contribution >= 0.6 is 0 Å². The number of carbonyl (C=O) groups excluding carboxylic acids is 1. The van der Waals surface area contributed by atoms with E-state index in [2.05, 4.69) is 16.0 Å². The van der Waals surface area contributed by atoms with Crippen LogP contribution in [0, 0.1) is 6.92 Å². The minimum atomic E-state index is 0.0191. The number of aromatic amines is 1. The van der Waals surface area contributed by atoms with Gasteiger partial charge in [-0.15, -0.1) is 0 Å². The number of fused-ring (bicyclic) bond motifs is 2. The number of aryl methyl sites for hydroxylation is 2. The van der Waals surface area contributed by atoms with Gasteiger partial charge in [-0.2, -0.15) is 0 Å². The smallest absolute Gasteiger partial charge is 0.256 e. The summed E-state index contributed by atoms with van der Waals surface area (Å²) in [5.74, 6) is 0.861. The molecule has 0 spiro atoms. The van der Waals surface area contributed by atoms with E-state index >= 15 is 0 Å². The lowest BCUT2D eigenvalue weighted by Gasteiger charge is -2.20. The Balaban J connectivity index is 1.44. The van der Waals surface area contributed by atoms with E-state index in [0.717, 1.165) is 22.6 Å². The molecule has 3 aromatic rings. The Hall–Kier alpha value is -2.89. The van der Waals surface area contributed by atoms with E-state index in [1.54, 1.807) is 11.6 Å². The Labute approximate surface area is 157 Å². The second-order valence-corrected chi connectivity index (χ2v) is 7.19. The predicted octanol–water partition coefficient (Wildman–Crippen LogP) is 2.13. The number of benzene rings is 1. The van der Waals surface area contributed by atoms with Gasteiger partial charge in [0.25, 0.3) is 5.56 Å². The van der Waals surface area contributed by atoms with Crippen molar-refractivity contribution < 1.29 is 4.79 Å². The number of aromatic nitrogens is 3. The molecule has 3 heterocycles. The first-order valence-corrected chi connectivity index (χ1v) is 9.42. The zero-order valence-corrected chi connectivity index (χ0v) is 15.8. The third-order valence-corrected chi connectivity index (χ3v) is 5.58. The first-order chi connectivity index (χ1) is 13.0. The SMILES string of the molecule is Cc1nc2c(c(=O)n1C)CCN(C(=O)CCc1c[nH]c3ccccc13)CC2. The molecule has 1 N–H and O–H groups in total. The van der Waals surface area contributed by atoms with Crippen LogP contribution in [0.5, 0.6) is 0 Å². The summed E-state index contributed by atoms with van der Waals surface area (Å²) < 4.78 is 1.59. The zero-order chi connectivity index (χ0) is 19.0. The lowest BCUT2D eigenvalue weighted by Crippen LogP contribution is -2.33. The second kappa shape index (κ2) is 7.02. The maximum Gasteiger partial charge on any atom is 0.256 e. The van der Waals surface area contributed by atoms with Crippen LogP contribution in [0.4, 0.5) is 0 Å². The molecule has 0 saturated carbocycles. The first kappa shape index (κ1) is 17.5. The number of hydrogen-bond acceptors (Lipinski definition) is 3. The molecule has 6 heteroatoms. The van der Waals surface area contributed by atoms with Crippen LogP contribution in [0.1, 0.15) is 29.1 Å². The van der Waals surface area contributed by atoms with Crippen molar-refractivity contribution >= 4 is 16.8 Å². The van der Waals surface area contributed by atoms with E-state index in [4.69, 9.17) is 0 Å². The summed E-state index contributed by atoms with van der Waals surface area (Å²) >= 11 is 0. The fraction of sp³-hybridized carbons (Fsp3) is 0.381. The quantitative estimate of drug-likeness (QED) is 0.774. The van der Waals surface area contributed by atoms with Crippen molar-refractivity contribution in [1.29, 1.82) is 0 Å². The van der Waals surface area contributed by atoms with E-state index in [9.17, 15) is 9.59 Å². The molecule has 0 atom stereocenters. The minimum absolute atomic E-state index is 0.0191. The average molecular weight is 364 g/mol. The fourth-order valence-corrected chi connectivity index (χ4v) is 3.86. The van der Waals surface area contributed by atoms with Gasteiger partial charge in [-0.1, -0.05) is 18.2 Å². The molecule has 0 aliphatic carbocycles. The number of nitrogens with one attached hydrogen (secondary N) is 1. The highest BCUT2D eigenvalue weighted by molar-refractivity contribution is 5.84. The highest BCUT2D eigenvalue weighted by Crippen LogP contribution is 2.20. The molecule has 0 radical (unpaired) electrons. The van der Waals surface area contributed by atoms with Crippen molar-refractivity contribution in [2.45, 2.75) is 32.6 Å². The van der Waals surface area contributed by atoms with E-state index < -0.39 is 0 Å². The largest absolute Gasteiger partial charge is 0.361 e. The summed E-state index contributed by atoms with van der Waals surface area (Å²) in [7, 11) is 1.75. The summed E-state index contributed by atoms with van der Waals surface area (Å²) in [6, 6.07) is 8.14. The van der Waals surface area contributed by atoms with Crippen molar-refractivity contribution in [2.75, 3.05) is 13.1 Å². The number of hydrogen-bond donors (Lipinski definition) is 1. The minimum Gasteiger partial charge on any atom is -0.361 e. The molecular formula is C21H24N4O2. The summed E-state index contributed by atoms with van der Waals surface area (Å²) in [5.41, 5.74) is 3.90. The van der Waals surface area contributed by atoms with Gasteiger partial charge in [0.2, 0.25) is 5.91 Å². The summed E-state index contributed by atoms with van der Waals surface area (Å²) in [6.07, 6.45) is 4.40. The molecule has 1 amide bonds. The van der Waals surface area contributed by atoms with Gasteiger partial charge in [-0.25, -0.2) is 4.98 Å². The van der Waals surface area contributed by atoms with Gasteiger partial charge in [-0.3, -0.25) is 14.2 Å². The molecule has 1 aliphatic heterocycles. The normalized spacial score (nSPS) is 14.2. The van der Waals surface area contributed by atoms with Crippen LogP contribution in [-0.4, -0.2) is 38.4 Å². The zero-order valence-electron chi connectivity index (χ0n) is 15.8. The lowest BCUT2D eigenvalue weighted by molar-refractivity contribution is -0.131. The maximum absolute atomic E-state index is 12.8. The lowest BCUT2D eigenvalue weighted by atomic mass is 10.1. The maximum atomic E-state index is 12.8.